The van der Waals surface area contributed by atoms with Crippen molar-refractivity contribution >= 4 is 28.9 Å². The molecule has 2 aromatic carbocycles. The van der Waals surface area contributed by atoms with E-state index >= 15 is 0 Å². The first kappa shape index (κ1) is 15.0. The third-order valence-electron chi connectivity index (χ3n) is 3.02. The Morgan fingerprint density at radius 1 is 1.24 bits per heavy atom. The highest BCUT2D eigenvalue weighted by molar-refractivity contribution is 6.34. The Balaban J connectivity index is 2.43. The molecular weight excluding hydrogens is 292 g/mol. The van der Waals surface area contributed by atoms with Crippen molar-refractivity contribution in [3.8, 4) is 0 Å². The third kappa shape index (κ3) is 3.20. The van der Waals surface area contributed by atoms with Gasteiger partial charge in [0.25, 0.3) is 11.6 Å². The van der Waals surface area contributed by atoms with Gasteiger partial charge < -0.3 is 4.90 Å². The van der Waals surface area contributed by atoms with Crippen LogP contribution in [0, 0.1) is 10.1 Å². The molecule has 0 saturated carbocycles. The molecule has 21 heavy (non-hydrogen) atoms. The fourth-order valence-corrected chi connectivity index (χ4v) is 2.19. The van der Waals surface area contributed by atoms with Gasteiger partial charge in [-0.2, -0.15) is 0 Å². The smallest absolute Gasteiger partial charge is 0.270 e. The van der Waals surface area contributed by atoms with E-state index in [2.05, 4.69) is 0 Å². The number of nitro groups is 1. The van der Waals surface area contributed by atoms with Gasteiger partial charge in [-0.1, -0.05) is 29.8 Å². The largest absolute Gasteiger partial charge is 0.309 e. The Kier molecular flexibility index (Phi) is 4.55. The zero-order valence-corrected chi connectivity index (χ0v) is 12.1. The summed E-state index contributed by atoms with van der Waals surface area (Å²) in [4.78, 5) is 24.4. The minimum Gasteiger partial charge on any atom is -0.309 e. The lowest BCUT2D eigenvalue weighted by Crippen LogP contribution is -2.30. The first-order chi connectivity index (χ1) is 10.0. The SMILES string of the molecule is CCN(C(=O)c1cc([N+](=O)[O-])ccc1Cl)c1ccccc1. The number of benzene rings is 2. The maximum absolute atomic E-state index is 12.6. The predicted molar refractivity (Wildman–Crippen MR) is 81.9 cm³/mol. The number of para-hydroxylation sites is 1. The summed E-state index contributed by atoms with van der Waals surface area (Å²) >= 11 is 6.01. The molecule has 0 spiro atoms. The molecule has 0 saturated heterocycles. The number of rotatable bonds is 4. The van der Waals surface area contributed by atoms with Crippen LogP contribution in [0.1, 0.15) is 17.3 Å². The Bertz CT molecular complexity index is 674. The maximum Gasteiger partial charge on any atom is 0.270 e. The van der Waals surface area contributed by atoms with Gasteiger partial charge in [0, 0.05) is 24.4 Å². The van der Waals surface area contributed by atoms with Crippen LogP contribution in [0.2, 0.25) is 5.02 Å². The van der Waals surface area contributed by atoms with Gasteiger partial charge in [-0.05, 0) is 25.1 Å². The van der Waals surface area contributed by atoms with Crippen molar-refractivity contribution in [3.05, 3.63) is 69.2 Å². The zero-order chi connectivity index (χ0) is 15.4. The average Bonchev–Trinajstić information content (AvgIpc) is 2.49. The molecule has 0 atom stereocenters. The van der Waals surface area contributed by atoms with E-state index in [4.69, 9.17) is 11.6 Å². The third-order valence-corrected chi connectivity index (χ3v) is 3.35. The van der Waals surface area contributed by atoms with Gasteiger partial charge in [-0.3, -0.25) is 14.9 Å². The summed E-state index contributed by atoms with van der Waals surface area (Å²) in [5.74, 6) is -0.364. The summed E-state index contributed by atoms with van der Waals surface area (Å²) in [5, 5.41) is 11.0. The molecule has 0 N–H and O–H groups in total. The van der Waals surface area contributed by atoms with E-state index in [1.165, 1.54) is 23.1 Å². The topological polar surface area (TPSA) is 63.5 Å². The van der Waals surface area contributed by atoms with Gasteiger partial charge in [0.1, 0.15) is 0 Å². The lowest BCUT2D eigenvalue weighted by Gasteiger charge is -2.21. The number of nitrogens with zero attached hydrogens (tertiary/aromatic N) is 2. The molecule has 2 aromatic rings. The van der Waals surface area contributed by atoms with Crippen LogP contribution < -0.4 is 4.90 Å². The van der Waals surface area contributed by atoms with Crippen molar-refractivity contribution in [1.82, 2.24) is 0 Å². The molecule has 0 aromatic heterocycles. The van der Waals surface area contributed by atoms with Gasteiger partial charge in [0.05, 0.1) is 15.5 Å². The van der Waals surface area contributed by atoms with E-state index in [1.54, 1.807) is 12.1 Å². The molecule has 2 rings (SSSR count). The summed E-state index contributed by atoms with van der Waals surface area (Å²) in [6.45, 7) is 2.26. The monoisotopic (exact) mass is 304 g/mol. The first-order valence-electron chi connectivity index (χ1n) is 6.35. The maximum atomic E-state index is 12.6. The van der Waals surface area contributed by atoms with E-state index in [-0.39, 0.29) is 22.2 Å². The van der Waals surface area contributed by atoms with Crippen molar-refractivity contribution < 1.29 is 9.72 Å². The number of anilines is 1. The number of hydrogen-bond acceptors (Lipinski definition) is 3. The van der Waals surface area contributed by atoms with E-state index in [0.717, 1.165) is 0 Å². The second-order valence-electron chi connectivity index (χ2n) is 4.31. The number of hydrogen-bond donors (Lipinski definition) is 0. The standard InChI is InChI=1S/C15H13ClN2O3/c1-2-17(11-6-4-3-5-7-11)15(19)13-10-12(18(20)21)8-9-14(13)16/h3-10H,2H2,1H3. The first-order valence-corrected chi connectivity index (χ1v) is 6.73. The number of carbonyl (C=O) groups excluding carboxylic acids is 1. The summed E-state index contributed by atoms with van der Waals surface area (Å²) in [7, 11) is 0. The van der Waals surface area contributed by atoms with Gasteiger partial charge >= 0.3 is 0 Å². The molecule has 0 fully saturated rings. The Morgan fingerprint density at radius 3 is 2.48 bits per heavy atom. The lowest BCUT2D eigenvalue weighted by atomic mass is 10.1. The van der Waals surface area contributed by atoms with Crippen molar-refractivity contribution in [2.75, 3.05) is 11.4 Å². The summed E-state index contributed by atoms with van der Waals surface area (Å²) in [6, 6.07) is 12.9. The second-order valence-corrected chi connectivity index (χ2v) is 4.71. The quantitative estimate of drug-likeness (QED) is 0.635. The molecule has 6 heteroatoms. The molecule has 5 nitrogen and oxygen atoms in total. The average molecular weight is 305 g/mol. The predicted octanol–water partition coefficient (Wildman–Crippen LogP) is 3.91. The highest BCUT2D eigenvalue weighted by Gasteiger charge is 2.21. The molecular formula is C15H13ClN2O3. The van der Waals surface area contributed by atoms with Crippen LogP contribution in [-0.4, -0.2) is 17.4 Å². The summed E-state index contributed by atoms with van der Waals surface area (Å²) in [5.41, 5.74) is 0.677. The van der Waals surface area contributed by atoms with Gasteiger partial charge in [-0.25, -0.2) is 0 Å². The number of non-ortho nitro benzene ring substituents is 1. The number of amides is 1. The lowest BCUT2D eigenvalue weighted by molar-refractivity contribution is -0.384. The van der Waals surface area contributed by atoms with Crippen LogP contribution in [0.3, 0.4) is 0 Å². The fourth-order valence-electron chi connectivity index (χ4n) is 1.99. The minimum absolute atomic E-state index is 0.122. The molecule has 0 radical (unpaired) electrons. The minimum atomic E-state index is -0.550. The number of halogens is 1. The van der Waals surface area contributed by atoms with E-state index in [1.807, 2.05) is 25.1 Å². The van der Waals surface area contributed by atoms with Crippen molar-refractivity contribution in [2.45, 2.75) is 6.92 Å². The van der Waals surface area contributed by atoms with Gasteiger partial charge in [-0.15, -0.1) is 0 Å². The molecule has 1 amide bonds. The molecule has 0 aliphatic carbocycles. The molecule has 0 heterocycles. The van der Waals surface area contributed by atoms with Crippen molar-refractivity contribution in [1.29, 1.82) is 0 Å². The Labute approximate surface area is 126 Å². The van der Waals surface area contributed by atoms with Crippen LogP contribution in [0.25, 0.3) is 0 Å². The van der Waals surface area contributed by atoms with Crippen molar-refractivity contribution in [2.24, 2.45) is 0 Å². The van der Waals surface area contributed by atoms with Crippen LogP contribution in [0.15, 0.2) is 48.5 Å². The Morgan fingerprint density at radius 2 is 1.90 bits per heavy atom. The van der Waals surface area contributed by atoms with Crippen LogP contribution in [0.4, 0.5) is 11.4 Å². The molecule has 0 aliphatic rings. The van der Waals surface area contributed by atoms with Crippen LogP contribution in [0.5, 0.6) is 0 Å². The van der Waals surface area contributed by atoms with E-state index < -0.39 is 4.92 Å². The molecule has 0 bridgehead atoms. The zero-order valence-electron chi connectivity index (χ0n) is 11.3. The second kappa shape index (κ2) is 6.37. The van der Waals surface area contributed by atoms with Crippen molar-refractivity contribution in [3.63, 3.8) is 0 Å². The van der Waals surface area contributed by atoms with Crippen LogP contribution >= 0.6 is 11.6 Å². The number of carbonyl (C=O) groups is 1. The highest BCUT2D eigenvalue weighted by Crippen LogP contribution is 2.25. The summed E-state index contributed by atoms with van der Waals surface area (Å²) < 4.78 is 0. The van der Waals surface area contributed by atoms with Gasteiger partial charge in [0.2, 0.25) is 0 Å². The van der Waals surface area contributed by atoms with Crippen LogP contribution in [-0.2, 0) is 0 Å². The molecule has 0 unspecified atom stereocenters. The van der Waals surface area contributed by atoms with E-state index in [9.17, 15) is 14.9 Å². The number of nitro benzene ring substituents is 1. The normalized spacial score (nSPS) is 10.2. The molecule has 0 aliphatic heterocycles. The highest BCUT2D eigenvalue weighted by atomic mass is 35.5. The van der Waals surface area contributed by atoms with E-state index in [0.29, 0.717) is 12.2 Å². The fraction of sp³-hybridized carbons (Fsp3) is 0.133. The summed E-state index contributed by atoms with van der Waals surface area (Å²) in [6.07, 6.45) is 0. The van der Waals surface area contributed by atoms with Gasteiger partial charge in [0.15, 0.2) is 0 Å². The Hall–Kier alpha value is -2.40. The molecule has 108 valence electrons.